The lowest BCUT2D eigenvalue weighted by molar-refractivity contribution is 0.284. The van der Waals surface area contributed by atoms with Crippen LogP contribution in [0.4, 0.5) is 0 Å². The molecule has 4 nitrogen and oxygen atoms in total. The van der Waals surface area contributed by atoms with Crippen LogP contribution in [-0.2, 0) is 13.1 Å². The van der Waals surface area contributed by atoms with E-state index in [-0.39, 0.29) is 0 Å². The summed E-state index contributed by atoms with van der Waals surface area (Å²) in [5.74, 6) is 1.16. The van der Waals surface area contributed by atoms with Crippen molar-refractivity contribution in [2.75, 3.05) is 7.05 Å². The molecule has 0 fully saturated rings. The average Bonchev–Trinajstić information content (AvgIpc) is 3.23. The molecule has 0 N–H and O–H groups in total. The van der Waals surface area contributed by atoms with Gasteiger partial charge in [-0.15, -0.1) is 21.5 Å². The fraction of sp³-hybridized carbons (Fsp3) is 0.158. The van der Waals surface area contributed by atoms with Crippen LogP contribution in [0.25, 0.3) is 21.5 Å². The summed E-state index contributed by atoms with van der Waals surface area (Å²) in [5, 5.41) is 11.9. The van der Waals surface area contributed by atoms with Crippen molar-refractivity contribution < 1.29 is 4.42 Å². The highest BCUT2D eigenvalue weighted by atomic mass is 79.9. The van der Waals surface area contributed by atoms with E-state index in [0.717, 1.165) is 16.6 Å². The van der Waals surface area contributed by atoms with Gasteiger partial charge in [0, 0.05) is 15.7 Å². The van der Waals surface area contributed by atoms with E-state index in [1.54, 1.807) is 11.3 Å². The topological polar surface area (TPSA) is 42.2 Å². The van der Waals surface area contributed by atoms with Crippen LogP contribution in [0.3, 0.4) is 0 Å². The number of hydrogen-bond acceptors (Lipinski definition) is 5. The van der Waals surface area contributed by atoms with Gasteiger partial charge in [-0.1, -0.05) is 30.3 Å². The second-order valence-electron chi connectivity index (χ2n) is 5.91. The maximum atomic E-state index is 5.84. The van der Waals surface area contributed by atoms with Crippen molar-refractivity contribution in [1.82, 2.24) is 15.1 Å². The van der Waals surface area contributed by atoms with E-state index in [2.05, 4.69) is 67.7 Å². The van der Waals surface area contributed by atoms with E-state index in [0.29, 0.717) is 18.3 Å². The standard InChI is InChI=1S/C19H16BrN3OS/c1-23(10-13-12-25-17-9-5-3-6-14(13)17)11-18-21-22-19(24-18)15-7-2-4-8-16(15)20/h2-9,12H,10-11H2,1H3. The maximum Gasteiger partial charge on any atom is 0.248 e. The minimum absolute atomic E-state index is 0.539. The van der Waals surface area contributed by atoms with Crippen LogP contribution in [-0.4, -0.2) is 22.1 Å². The van der Waals surface area contributed by atoms with Crippen molar-refractivity contribution in [3.8, 4) is 11.5 Å². The SMILES string of the molecule is CN(Cc1nnc(-c2ccccc2Br)o1)Cc1csc2ccccc12. The molecule has 0 aliphatic rings. The lowest BCUT2D eigenvalue weighted by Crippen LogP contribution is -2.17. The lowest BCUT2D eigenvalue weighted by Gasteiger charge is -2.13. The fourth-order valence-corrected chi connectivity index (χ4v) is 4.20. The van der Waals surface area contributed by atoms with Crippen molar-refractivity contribution in [2.24, 2.45) is 0 Å². The van der Waals surface area contributed by atoms with Gasteiger partial charge in [-0.2, -0.15) is 0 Å². The number of hydrogen-bond donors (Lipinski definition) is 0. The highest BCUT2D eigenvalue weighted by molar-refractivity contribution is 9.10. The molecule has 0 unspecified atom stereocenters. The van der Waals surface area contributed by atoms with Crippen molar-refractivity contribution >= 4 is 37.4 Å². The number of benzene rings is 2. The Kier molecular flexibility index (Phi) is 4.65. The molecule has 6 heteroatoms. The van der Waals surface area contributed by atoms with E-state index in [9.17, 15) is 0 Å². The largest absolute Gasteiger partial charge is 0.419 e. The van der Waals surface area contributed by atoms with Crippen molar-refractivity contribution in [3.63, 3.8) is 0 Å². The van der Waals surface area contributed by atoms with E-state index < -0.39 is 0 Å². The van der Waals surface area contributed by atoms with Crippen LogP contribution in [0.1, 0.15) is 11.5 Å². The smallest absolute Gasteiger partial charge is 0.248 e. The number of rotatable bonds is 5. The first-order chi connectivity index (χ1) is 12.2. The Bertz CT molecular complexity index is 1010. The molecule has 0 saturated heterocycles. The number of aromatic nitrogens is 2. The van der Waals surface area contributed by atoms with Crippen LogP contribution < -0.4 is 0 Å². The fourth-order valence-electron chi connectivity index (χ4n) is 2.79. The van der Waals surface area contributed by atoms with Crippen LogP contribution in [0.5, 0.6) is 0 Å². The predicted molar refractivity (Wildman–Crippen MR) is 104 cm³/mol. The Labute approximate surface area is 158 Å². The summed E-state index contributed by atoms with van der Waals surface area (Å²) >= 11 is 5.30. The predicted octanol–water partition coefficient (Wildman–Crippen LogP) is 5.35. The Balaban J connectivity index is 1.48. The van der Waals surface area contributed by atoms with Gasteiger partial charge in [0.1, 0.15) is 0 Å². The molecule has 2 aromatic carbocycles. The minimum Gasteiger partial charge on any atom is -0.419 e. The Hall–Kier alpha value is -2.02. The van der Waals surface area contributed by atoms with Crippen molar-refractivity contribution in [1.29, 1.82) is 0 Å². The van der Waals surface area contributed by atoms with Gasteiger partial charge in [-0.3, -0.25) is 4.90 Å². The van der Waals surface area contributed by atoms with Gasteiger partial charge in [0.2, 0.25) is 11.8 Å². The zero-order valence-electron chi connectivity index (χ0n) is 13.6. The minimum atomic E-state index is 0.539. The molecule has 0 atom stereocenters. The molecule has 0 spiro atoms. The zero-order valence-corrected chi connectivity index (χ0v) is 16.0. The lowest BCUT2D eigenvalue weighted by atomic mass is 10.2. The molecule has 0 aliphatic carbocycles. The van der Waals surface area contributed by atoms with Crippen molar-refractivity contribution in [2.45, 2.75) is 13.1 Å². The summed E-state index contributed by atoms with van der Waals surface area (Å²) < 4.78 is 8.10. The molecule has 126 valence electrons. The first-order valence-corrected chi connectivity index (χ1v) is 9.59. The normalized spacial score (nSPS) is 11.5. The molecule has 0 bridgehead atoms. The first kappa shape index (κ1) is 16.4. The third kappa shape index (κ3) is 3.51. The molecule has 2 heterocycles. The molecule has 25 heavy (non-hydrogen) atoms. The van der Waals surface area contributed by atoms with E-state index in [1.807, 2.05) is 24.3 Å². The molecule has 4 rings (SSSR count). The van der Waals surface area contributed by atoms with Gasteiger partial charge in [0.15, 0.2) is 0 Å². The maximum absolute atomic E-state index is 5.84. The summed E-state index contributed by atoms with van der Waals surface area (Å²) in [6.07, 6.45) is 0. The van der Waals surface area contributed by atoms with Gasteiger partial charge in [0.25, 0.3) is 0 Å². The second kappa shape index (κ2) is 7.07. The molecule has 0 aliphatic heterocycles. The summed E-state index contributed by atoms with van der Waals surface area (Å²) in [6.45, 7) is 1.46. The van der Waals surface area contributed by atoms with E-state index in [1.165, 1.54) is 15.6 Å². The van der Waals surface area contributed by atoms with Crippen LogP contribution in [0.2, 0.25) is 0 Å². The van der Waals surface area contributed by atoms with Crippen LogP contribution in [0.15, 0.2) is 62.8 Å². The summed E-state index contributed by atoms with van der Waals surface area (Å²) in [5.41, 5.74) is 2.24. The molecular weight excluding hydrogens is 398 g/mol. The zero-order chi connectivity index (χ0) is 17.2. The third-order valence-corrected chi connectivity index (χ3v) is 5.68. The summed E-state index contributed by atoms with van der Waals surface area (Å²) in [4.78, 5) is 2.19. The summed E-state index contributed by atoms with van der Waals surface area (Å²) in [7, 11) is 2.06. The number of thiophene rings is 1. The molecule has 2 aromatic heterocycles. The second-order valence-corrected chi connectivity index (χ2v) is 7.68. The Morgan fingerprint density at radius 1 is 1.04 bits per heavy atom. The first-order valence-electron chi connectivity index (χ1n) is 7.91. The highest BCUT2D eigenvalue weighted by Gasteiger charge is 2.14. The Morgan fingerprint density at radius 2 is 1.84 bits per heavy atom. The van der Waals surface area contributed by atoms with Gasteiger partial charge in [0.05, 0.1) is 12.1 Å². The van der Waals surface area contributed by atoms with Gasteiger partial charge in [-0.05, 0) is 57.5 Å². The van der Waals surface area contributed by atoms with Gasteiger partial charge >= 0.3 is 0 Å². The number of nitrogens with zero attached hydrogens (tertiary/aromatic N) is 3. The molecule has 4 aromatic rings. The van der Waals surface area contributed by atoms with Crippen molar-refractivity contribution in [3.05, 3.63) is 69.8 Å². The quantitative estimate of drug-likeness (QED) is 0.442. The monoisotopic (exact) mass is 413 g/mol. The molecular formula is C19H16BrN3OS. The van der Waals surface area contributed by atoms with E-state index in [4.69, 9.17) is 4.42 Å². The third-order valence-electron chi connectivity index (χ3n) is 3.98. The molecule has 0 radical (unpaired) electrons. The Morgan fingerprint density at radius 3 is 2.72 bits per heavy atom. The van der Waals surface area contributed by atoms with Gasteiger partial charge < -0.3 is 4.42 Å². The number of fused-ring (bicyclic) bond motifs is 1. The van der Waals surface area contributed by atoms with Crippen LogP contribution in [0, 0.1) is 0 Å². The average molecular weight is 414 g/mol. The molecule has 0 saturated carbocycles. The highest BCUT2D eigenvalue weighted by Crippen LogP contribution is 2.28. The number of halogens is 1. The van der Waals surface area contributed by atoms with Gasteiger partial charge in [-0.25, -0.2) is 0 Å². The van der Waals surface area contributed by atoms with Crippen LogP contribution >= 0.6 is 27.3 Å². The summed E-state index contributed by atoms with van der Waals surface area (Å²) in [6, 6.07) is 16.3. The van der Waals surface area contributed by atoms with E-state index >= 15 is 0 Å². The molecule has 0 amide bonds.